The summed E-state index contributed by atoms with van der Waals surface area (Å²) < 4.78 is 0. The van der Waals surface area contributed by atoms with Crippen LogP contribution in [-0.2, 0) is 0 Å². The minimum atomic E-state index is 0.217. The number of aliphatic hydroxyl groups excluding tert-OH is 1. The summed E-state index contributed by atoms with van der Waals surface area (Å²) in [5.74, 6) is 0. The van der Waals surface area contributed by atoms with Crippen LogP contribution in [0.3, 0.4) is 0 Å². The number of aliphatic hydroxyl groups is 1. The van der Waals surface area contributed by atoms with Gasteiger partial charge in [0.05, 0.1) is 6.61 Å². The Morgan fingerprint density at radius 2 is 2.15 bits per heavy atom. The van der Waals surface area contributed by atoms with Crippen LogP contribution in [0.4, 0.5) is 0 Å². The van der Waals surface area contributed by atoms with Gasteiger partial charge in [0.15, 0.2) is 0 Å². The fraction of sp³-hybridized carbons (Fsp3) is 1.00. The Morgan fingerprint density at radius 3 is 2.69 bits per heavy atom. The average molecular weight is 184 g/mol. The van der Waals surface area contributed by atoms with E-state index in [1.807, 2.05) is 0 Å². The van der Waals surface area contributed by atoms with Crippen molar-refractivity contribution in [1.29, 1.82) is 0 Å². The second-order valence-electron chi connectivity index (χ2n) is 5.00. The standard InChI is InChI=1S/C10H20N2O/c1-10(2)7-12(8-3-4-8)9(6-13)5-11-10/h8-9,11,13H,3-7H2,1-2H3. The fourth-order valence-electron chi connectivity index (χ4n) is 2.16. The number of nitrogens with one attached hydrogen (secondary N) is 1. The third kappa shape index (κ3) is 2.03. The van der Waals surface area contributed by atoms with Gasteiger partial charge in [-0.05, 0) is 26.7 Å². The Bertz CT molecular complexity index is 189. The zero-order valence-electron chi connectivity index (χ0n) is 8.58. The van der Waals surface area contributed by atoms with Crippen molar-refractivity contribution in [3.63, 3.8) is 0 Å². The second-order valence-corrected chi connectivity index (χ2v) is 5.00. The summed E-state index contributed by atoms with van der Waals surface area (Å²) in [4.78, 5) is 2.48. The molecule has 1 saturated heterocycles. The zero-order valence-corrected chi connectivity index (χ0v) is 8.58. The molecule has 0 spiro atoms. The van der Waals surface area contributed by atoms with E-state index >= 15 is 0 Å². The summed E-state index contributed by atoms with van der Waals surface area (Å²) >= 11 is 0. The highest BCUT2D eigenvalue weighted by atomic mass is 16.3. The highest BCUT2D eigenvalue weighted by Crippen LogP contribution is 2.31. The molecule has 0 amide bonds. The zero-order chi connectivity index (χ0) is 9.47. The fourth-order valence-corrected chi connectivity index (χ4v) is 2.16. The lowest BCUT2D eigenvalue weighted by molar-refractivity contribution is 0.0509. The van der Waals surface area contributed by atoms with E-state index in [9.17, 15) is 5.11 Å². The molecule has 2 aliphatic rings. The molecule has 0 aromatic carbocycles. The lowest BCUT2D eigenvalue weighted by atomic mass is 9.99. The van der Waals surface area contributed by atoms with Crippen LogP contribution in [-0.4, -0.2) is 47.3 Å². The molecule has 1 aliphatic heterocycles. The molecule has 3 heteroatoms. The van der Waals surface area contributed by atoms with Crippen LogP contribution in [0.1, 0.15) is 26.7 Å². The van der Waals surface area contributed by atoms with Crippen molar-refractivity contribution < 1.29 is 5.11 Å². The van der Waals surface area contributed by atoms with Crippen LogP contribution < -0.4 is 5.32 Å². The Kier molecular flexibility index (Phi) is 2.34. The van der Waals surface area contributed by atoms with E-state index in [1.165, 1.54) is 12.8 Å². The molecule has 76 valence electrons. The normalized spacial score (nSPS) is 34.8. The Morgan fingerprint density at radius 1 is 1.46 bits per heavy atom. The first-order valence-corrected chi connectivity index (χ1v) is 5.24. The van der Waals surface area contributed by atoms with Gasteiger partial charge in [0, 0.05) is 30.7 Å². The molecule has 3 nitrogen and oxygen atoms in total. The van der Waals surface area contributed by atoms with Crippen LogP contribution in [0.15, 0.2) is 0 Å². The number of nitrogens with zero attached hydrogens (tertiary/aromatic N) is 1. The smallest absolute Gasteiger partial charge is 0.0599 e. The van der Waals surface area contributed by atoms with Gasteiger partial charge in [0.2, 0.25) is 0 Å². The first kappa shape index (κ1) is 9.44. The third-order valence-electron chi connectivity index (χ3n) is 3.09. The molecule has 0 bridgehead atoms. The average Bonchev–Trinajstić information content (AvgIpc) is 2.85. The van der Waals surface area contributed by atoms with Crippen molar-refractivity contribution in [3.05, 3.63) is 0 Å². The van der Waals surface area contributed by atoms with Crippen LogP contribution in [0.2, 0.25) is 0 Å². The van der Waals surface area contributed by atoms with Gasteiger partial charge in [-0.15, -0.1) is 0 Å². The molecule has 2 rings (SSSR count). The molecular formula is C10H20N2O. The largest absolute Gasteiger partial charge is 0.395 e. The third-order valence-corrected chi connectivity index (χ3v) is 3.09. The number of hydrogen-bond acceptors (Lipinski definition) is 3. The van der Waals surface area contributed by atoms with Crippen molar-refractivity contribution in [3.8, 4) is 0 Å². The summed E-state index contributed by atoms with van der Waals surface area (Å²) in [6.45, 7) is 6.76. The van der Waals surface area contributed by atoms with E-state index in [-0.39, 0.29) is 5.54 Å². The molecule has 0 radical (unpaired) electrons. The molecule has 1 aliphatic carbocycles. The molecule has 2 fully saturated rings. The predicted octanol–water partition coefficient (Wildman–Crippen LogP) is 0.193. The van der Waals surface area contributed by atoms with Crippen LogP contribution in [0, 0.1) is 0 Å². The molecule has 0 aromatic heterocycles. The van der Waals surface area contributed by atoms with E-state index in [0.29, 0.717) is 12.6 Å². The summed E-state index contributed by atoms with van der Waals surface area (Å²) in [6.07, 6.45) is 2.65. The molecule has 13 heavy (non-hydrogen) atoms. The van der Waals surface area contributed by atoms with Gasteiger partial charge in [-0.1, -0.05) is 0 Å². The highest BCUT2D eigenvalue weighted by molar-refractivity contribution is 4.98. The summed E-state index contributed by atoms with van der Waals surface area (Å²) in [7, 11) is 0. The Labute approximate surface area is 80.1 Å². The van der Waals surface area contributed by atoms with Crippen molar-refractivity contribution in [2.45, 2.75) is 44.3 Å². The second kappa shape index (κ2) is 3.23. The van der Waals surface area contributed by atoms with Gasteiger partial charge in [-0.2, -0.15) is 0 Å². The maximum atomic E-state index is 9.23. The Balaban J connectivity index is 2.00. The van der Waals surface area contributed by atoms with E-state index in [2.05, 4.69) is 24.1 Å². The van der Waals surface area contributed by atoms with Crippen LogP contribution in [0.25, 0.3) is 0 Å². The molecule has 0 aromatic rings. The van der Waals surface area contributed by atoms with Crippen LogP contribution in [0.5, 0.6) is 0 Å². The summed E-state index contributed by atoms with van der Waals surface area (Å²) in [5.41, 5.74) is 0.217. The quantitative estimate of drug-likeness (QED) is 0.643. The van der Waals surface area contributed by atoms with E-state index < -0.39 is 0 Å². The maximum Gasteiger partial charge on any atom is 0.0599 e. The van der Waals surface area contributed by atoms with E-state index in [0.717, 1.165) is 19.1 Å². The molecule has 1 unspecified atom stereocenters. The number of rotatable bonds is 2. The molecular weight excluding hydrogens is 164 g/mol. The van der Waals surface area contributed by atoms with Crippen molar-refractivity contribution in [2.24, 2.45) is 0 Å². The number of piperazine rings is 1. The minimum Gasteiger partial charge on any atom is -0.395 e. The van der Waals surface area contributed by atoms with Crippen molar-refractivity contribution >= 4 is 0 Å². The minimum absolute atomic E-state index is 0.217. The van der Waals surface area contributed by atoms with Gasteiger partial charge >= 0.3 is 0 Å². The van der Waals surface area contributed by atoms with E-state index in [4.69, 9.17) is 0 Å². The van der Waals surface area contributed by atoms with Gasteiger partial charge in [0.25, 0.3) is 0 Å². The molecule has 1 atom stereocenters. The molecule has 1 heterocycles. The topological polar surface area (TPSA) is 35.5 Å². The van der Waals surface area contributed by atoms with Gasteiger partial charge in [0.1, 0.15) is 0 Å². The maximum absolute atomic E-state index is 9.23. The lowest BCUT2D eigenvalue weighted by Gasteiger charge is -2.44. The van der Waals surface area contributed by atoms with Crippen molar-refractivity contribution in [1.82, 2.24) is 10.2 Å². The summed E-state index contributed by atoms with van der Waals surface area (Å²) in [6, 6.07) is 1.11. The highest BCUT2D eigenvalue weighted by Gasteiger charge is 2.40. The van der Waals surface area contributed by atoms with Crippen molar-refractivity contribution in [2.75, 3.05) is 19.7 Å². The predicted molar refractivity (Wildman–Crippen MR) is 52.7 cm³/mol. The SMILES string of the molecule is CC1(C)CN(C2CC2)C(CO)CN1. The van der Waals surface area contributed by atoms with Gasteiger partial charge < -0.3 is 10.4 Å². The lowest BCUT2D eigenvalue weighted by Crippen LogP contribution is -2.63. The van der Waals surface area contributed by atoms with Gasteiger partial charge in [-0.3, -0.25) is 4.90 Å². The first-order chi connectivity index (χ1) is 6.12. The molecule has 2 N–H and O–H groups in total. The van der Waals surface area contributed by atoms with E-state index in [1.54, 1.807) is 0 Å². The monoisotopic (exact) mass is 184 g/mol. The van der Waals surface area contributed by atoms with Gasteiger partial charge in [-0.25, -0.2) is 0 Å². The van der Waals surface area contributed by atoms with Crippen LogP contribution >= 0.6 is 0 Å². The number of hydrogen-bond donors (Lipinski definition) is 2. The first-order valence-electron chi connectivity index (χ1n) is 5.24. The summed E-state index contributed by atoms with van der Waals surface area (Å²) in [5, 5.41) is 12.7. The Hall–Kier alpha value is -0.120. The molecule has 1 saturated carbocycles.